The number of anilines is 2. The summed E-state index contributed by atoms with van der Waals surface area (Å²) in [4.78, 5) is 44.7. The lowest BCUT2D eigenvalue weighted by Crippen LogP contribution is -2.53. The zero-order valence-corrected chi connectivity index (χ0v) is 25.7. The van der Waals surface area contributed by atoms with E-state index in [1.807, 2.05) is 12.1 Å². The molecule has 4 aliphatic rings. The molecule has 0 radical (unpaired) electrons. The van der Waals surface area contributed by atoms with Crippen LogP contribution in [0.2, 0.25) is 0 Å². The van der Waals surface area contributed by atoms with Crippen molar-refractivity contribution in [2.75, 3.05) is 36.5 Å². The van der Waals surface area contributed by atoms with Gasteiger partial charge in [0.05, 0.1) is 30.1 Å². The monoisotopic (exact) mass is 702 g/mol. The van der Waals surface area contributed by atoms with Crippen LogP contribution in [-0.2, 0) is 29.6 Å². The fraction of sp³-hybridized carbons (Fsp3) is 0.345. The van der Waals surface area contributed by atoms with Gasteiger partial charge in [0.1, 0.15) is 5.92 Å². The fourth-order valence-electron chi connectivity index (χ4n) is 6.42. The number of aryl methyl sites for hydroxylation is 1. The number of hydrogen-bond donors (Lipinski definition) is 2. The molecule has 7 rings (SSSR count). The van der Waals surface area contributed by atoms with Crippen molar-refractivity contribution in [1.82, 2.24) is 0 Å². The molecule has 1 spiro atoms. The van der Waals surface area contributed by atoms with Gasteiger partial charge < -0.3 is 29.5 Å². The highest BCUT2D eigenvalue weighted by Crippen LogP contribution is 2.66. The van der Waals surface area contributed by atoms with Crippen molar-refractivity contribution < 1.29 is 33.7 Å². The molecule has 1 aromatic heterocycles. The number of ketones is 1. The maximum Gasteiger partial charge on any atom is 0.316 e. The number of carbonyl (C=O) groups excluding carboxylic acids is 3. The third-order valence-corrected chi connectivity index (χ3v) is 11.3. The summed E-state index contributed by atoms with van der Waals surface area (Å²) in [6.45, 7) is 4.68. The predicted octanol–water partition coefficient (Wildman–Crippen LogP) is 4.70. The third kappa shape index (κ3) is 3.91. The molecule has 0 saturated carbocycles. The summed E-state index contributed by atoms with van der Waals surface area (Å²) in [6.07, 6.45) is -1.02. The second-order valence-corrected chi connectivity index (χ2v) is 13.5. The van der Waals surface area contributed by atoms with Crippen LogP contribution in [0.5, 0.6) is 0 Å². The highest BCUT2D eigenvalue weighted by Gasteiger charge is 2.83. The van der Waals surface area contributed by atoms with Crippen molar-refractivity contribution in [2.24, 2.45) is 11.8 Å². The summed E-state index contributed by atoms with van der Waals surface area (Å²) in [5.41, 5.74) is 0.280. The van der Waals surface area contributed by atoms with Crippen molar-refractivity contribution in [3.05, 3.63) is 78.4 Å². The molecule has 12 heteroatoms. The lowest BCUT2D eigenvalue weighted by molar-refractivity contribution is -0.251. The number of fused-ring (bicyclic) bond motifs is 2. The minimum Gasteiger partial charge on any atom is -0.424 e. The molecule has 41 heavy (non-hydrogen) atoms. The topological polar surface area (TPSA) is 114 Å². The Kier molecular flexibility index (Phi) is 6.45. The number of nitrogens with zero attached hydrogens (tertiary/aromatic N) is 1. The number of esters is 1. The molecule has 9 nitrogen and oxygen atoms in total. The normalized spacial score (nSPS) is 30.1. The average molecular weight is 704 g/mol. The molecule has 1 amide bonds. The van der Waals surface area contributed by atoms with Crippen LogP contribution in [0.3, 0.4) is 0 Å². The maximum atomic E-state index is 14.0. The van der Waals surface area contributed by atoms with Crippen LogP contribution in [-0.4, -0.2) is 54.7 Å². The first kappa shape index (κ1) is 27.2. The van der Waals surface area contributed by atoms with Gasteiger partial charge in [-0.2, -0.15) is 0 Å². The van der Waals surface area contributed by atoms with Crippen molar-refractivity contribution in [2.45, 2.75) is 24.4 Å². The molecule has 4 heterocycles. The van der Waals surface area contributed by atoms with E-state index in [4.69, 9.17) is 14.2 Å². The van der Waals surface area contributed by atoms with Gasteiger partial charge in [0.2, 0.25) is 17.3 Å². The van der Waals surface area contributed by atoms with E-state index in [0.717, 1.165) is 28.1 Å². The van der Waals surface area contributed by atoms with Gasteiger partial charge in [-0.1, -0.05) is 6.07 Å². The number of carbonyl (C=O) groups is 3. The number of thiophene rings is 1. The Labute approximate surface area is 256 Å². The number of halogens is 2. The molecule has 212 valence electrons. The van der Waals surface area contributed by atoms with E-state index >= 15 is 0 Å². The van der Waals surface area contributed by atoms with Crippen LogP contribution in [0, 0.1) is 18.8 Å². The first-order valence-electron chi connectivity index (χ1n) is 13.1. The van der Waals surface area contributed by atoms with Crippen LogP contribution in [0.25, 0.3) is 0 Å². The molecular weight excluding hydrogens is 680 g/mol. The van der Waals surface area contributed by atoms with Gasteiger partial charge in [-0.05, 0) is 86.8 Å². The molecule has 5 unspecified atom stereocenters. The number of ether oxygens (including phenoxy) is 3. The van der Waals surface area contributed by atoms with E-state index in [9.17, 15) is 19.5 Å². The zero-order chi connectivity index (χ0) is 28.7. The van der Waals surface area contributed by atoms with E-state index in [1.165, 1.54) is 11.3 Å². The Balaban J connectivity index is 1.27. The van der Waals surface area contributed by atoms with Gasteiger partial charge in [0.25, 0.3) is 5.79 Å². The first-order chi connectivity index (χ1) is 19.6. The standard InChI is InChI=1S/C29H24Br2N2O7S/c1-14-12-18-24(34)28-22(27(36)40-29(28,37)25(18)41-14)21(23(39-28)15-2-7-19(30)20(31)13-15)26(35)32-16-3-5-17(6-4-16)33-8-10-38-11-9-33/h2-7,12-13,21-23,37H,8-11H2,1H3,(H,32,35). The van der Waals surface area contributed by atoms with Crippen LogP contribution < -0.4 is 10.2 Å². The molecule has 1 aliphatic carbocycles. The lowest BCUT2D eigenvalue weighted by Gasteiger charge is -2.31. The van der Waals surface area contributed by atoms with E-state index in [0.29, 0.717) is 28.9 Å². The SMILES string of the molecule is Cc1cc2c(s1)C1(O)OC(=O)C3C(C(=O)Nc4ccc(N5CCOCC5)cc4)C(c4ccc(Br)c(Br)c4)OC31C2=O. The van der Waals surface area contributed by atoms with Crippen LogP contribution in [0.4, 0.5) is 11.4 Å². The van der Waals surface area contributed by atoms with Crippen molar-refractivity contribution >= 4 is 72.2 Å². The number of aliphatic hydroxyl groups is 1. The van der Waals surface area contributed by atoms with Crippen LogP contribution in [0.15, 0.2) is 57.5 Å². The Morgan fingerprint density at radius 3 is 2.51 bits per heavy atom. The van der Waals surface area contributed by atoms with Crippen LogP contribution in [0.1, 0.15) is 31.8 Å². The average Bonchev–Trinajstić information content (AvgIpc) is 3.64. The Morgan fingerprint density at radius 1 is 1.07 bits per heavy atom. The summed E-state index contributed by atoms with van der Waals surface area (Å²) >= 11 is 8.13. The highest BCUT2D eigenvalue weighted by molar-refractivity contribution is 9.13. The minimum atomic E-state index is -2.32. The second-order valence-electron chi connectivity index (χ2n) is 10.6. The molecule has 3 aliphatic heterocycles. The lowest BCUT2D eigenvalue weighted by atomic mass is 9.75. The van der Waals surface area contributed by atoms with E-state index < -0.39 is 47.0 Å². The molecule has 0 bridgehead atoms. The first-order valence-corrected chi connectivity index (χ1v) is 15.5. The molecule has 3 saturated heterocycles. The van der Waals surface area contributed by atoms with Gasteiger partial charge in [0.15, 0.2) is 0 Å². The highest BCUT2D eigenvalue weighted by atomic mass is 79.9. The Bertz CT molecular complexity index is 1600. The molecule has 5 atom stereocenters. The van der Waals surface area contributed by atoms with Gasteiger partial charge in [0, 0.05) is 43.9 Å². The minimum absolute atomic E-state index is 0.228. The number of amides is 1. The van der Waals surface area contributed by atoms with Gasteiger partial charge in [-0.15, -0.1) is 11.3 Å². The molecule has 3 aromatic rings. The number of Topliss-reactive ketones (excluding diaryl/α,β-unsaturated/α-hetero) is 1. The number of rotatable bonds is 4. The quantitative estimate of drug-likeness (QED) is 0.376. The number of morpholine rings is 1. The molecule has 3 fully saturated rings. The Morgan fingerprint density at radius 2 is 1.80 bits per heavy atom. The maximum absolute atomic E-state index is 14.0. The molecule has 2 N–H and O–H groups in total. The summed E-state index contributed by atoms with van der Waals surface area (Å²) in [6, 6.07) is 14.4. The van der Waals surface area contributed by atoms with Crippen molar-refractivity contribution in [3.8, 4) is 0 Å². The molecule has 2 aromatic carbocycles. The number of nitrogens with one attached hydrogen (secondary N) is 1. The van der Waals surface area contributed by atoms with E-state index in [1.54, 1.807) is 43.3 Å². The third-order valence-electron chi connectivity index (χ3n) is 8.27. The van der Waals surface area contributed by atoms with E-state index in [-0.39, 0.29) is 10.4 Å². The summed E-state index contributed by atoms with van der Waals surface area (Å²) in [5, 5.41) is 14.8. The van der Waals surface area contributed by atoms with E-state index in [2.05, 4.69) is 42.1 Å². The van der Waals surface area contributed by atoms with Gasteiger partial charge in [-0.3, -0.25) is 14.4 Å². The van der Waals surface area contributed by atoms with Crippen molar-refractivity contribution in [1.29, 1.82) is 0 Å². The predicted molar refractivity (Wildman–Crippen MR) is 157 cm³/mol. The largest absolute Gasteiger partial charge is 0.424 e. The molecular formula is C29H24Br2N2O7S. The fourth-order valence-corrected chi connectivity index (χ4v) is 8.15. The van der Waals surface area contributed by atoms with Gasteiger partial charge >= 0.3 is 5.97 Å². The smallest absolute Gasteiger partial charge is 0.316 e. The summed E-state index contributed by atoms with van der Waals surface area (Å²) in [5.74, 6) is -6.77. The number of hydrogen-bond acceptors (Lipinski definition) is 9. The Hall–Kier alpha value is -2.61. The van der Waals surface area contributed by atoms with Crippen molar-refractivity contribution in [3.63, 3.8) is 0 Å². The summed E-state index contributed by atoms with van der Waals surface area (Å²) < 4.78 is 18.9. The zero-order valence-electron chi connectivity index (χ0n) is 21.7. The van der Waals surface area contributed by atoms with Crippen LogP contribution >= 0.6 is 43.2 Å². The van der Waals surface area contributed by atoms with Gasteiger partial charge in [-0.25, -0.2) is 0 Å². The number of benzene rings is 2. The second kappa shape index (κ2) is 9.72. The summed E-state index contributed by atoms with van der Waals surface area (Å²) in [7, 11) is 0.